The van der Waals surface area contributed by atoms with Crippen LogP contribution in [0.25, 0.3) is 82.1 Å². The van der Waals surface area contributed by atoms with Crippen LogP contribution in [0.1, 0.15) is 5.56 Å². The lowest BCUT2D eigenvalue weighted by molar-refractivity contribution is 1.18. The van der Waals surface area contributed by atoms with Crippen molar-refractivity contribution in [3.63, 3.8) is 0 Å². The summed E-state index contributed by atoms with van der Waals surface area (Å²) in [4.78, 5) is 3.68. The van der Waals surface area contributed by atoms with E-state index < -0.39 is 0 Å². The predicted molar refractivity (Wildman–Crippen MR) is 197 cm³/mol. The molecule has 48 heavy (non-hydrogen) atoms. The molecule has 0 N–H and O–H groups in total. The lowest BCUT2D eigenvalue weighted by atomic mass is 9.95. The smallest absolute Gasteiger partial charge is 0.188 e. The van der Waals surface area contributed by atoms with Crippen LogP contribution in [-0.4, -0.2) is 9.13 Å². The highest BCUT2D eigenvalue weighted by Gasteiger charge is 2.19. The first-order valence-corrected chi connectivity index (χ1v) is 15.9. The lowest BCUT2D eigenvalue weighted by Crippen LogP contribution is -1.99. The Morgan fingerprint density at radius 1 is 0.479 bits per heavy atom. The van der Waals surface area contributed by atoms with E-state index in [1.165, 1.54) is 21.8 Å². The van der Waals surface area contributed by atoms with E-state index in [1.807, 2.05) is 42.5 Å². The summed E-state index contributed by atoms with van der Waals surface area (Å²) in [5.74, 6) is 0. The molecule has 9 aromatic rings. The molecule has 0 atom stereocenters. The molecule has 0 fully saturated rings. The minimum atomic E-state index is 0.606. The van der Waals surface area contributed by atoms with Gasteiger partial charge in [-0.15, -0.1) is 0 Å². The quantitative estimate of drug-likeness (QED) is 0.183. The maximum atomic E-state index is 10.3. The first-order valence-electron chi connectivity index (χ1n) is 15.9. The number of nitrogens with zero attached hydrogens (tertiary/aromatic N) is 4. The molecule has 4 heteroatoms. The van der Waals surface area contributed by atoms with E-state index in [1.54, 1.807) is 0 Å². The van der Waals surface area contributed by atoms with Gasteiger partial charge in [-0.1, -0.05) is 103 Å². The van der Waals surface area contributed by atoms with Crippen molar-refractivity contribution >= 4 is 49.3 Å². The third-order valence-corrected chi connectivity index (χ3v) is 9.38. The zero-order valence-corrected chi connectivity index (χ0v) is 25.8. The molecular formula is C44H26N4. The number of para-hydroxylation sites is 3. The fourth-order valence-corrected chi connectivity index (χ4v) is 7.27. The standard InChI is InChI=1S/C44H26N4/c1-46-33-24-25-42-38(27-33)37-15-4-7-18-41(37)48(42)43-19-9-11-32(28-45)44(43)30-22-20-29(21-23-30)31-10-8-12-34(26-31)47-39-16-5-2-13-35(39)36-14-3-6-17-40(36)47/h2-27H. The van der Waals surface area contributed by atoms with Crippen LogP contribution in [0, 0.1) is 17.9 Å². The Morgan fingerprint density at radius 3 is 1.73 bits per heavy atom. The summed E-state index contributed by atoms with van der Waals surface area (Å²) < 4.78 is 4.56. The van der Waals surface area contributed by atoms with Crippen LogP contribution in [0.3, 0.4) is 0 Å². The van der Waals surface area contributed by atoms with Crippen molar-refractivity contribution in [2.45, 2.75) is 0 Å². The molecule has 7 aromatic carbocycles. The van der Waals surface area contributed by atoms with E-state index >= 15 is 0 Å². The van der Waals surface area contributed by atoms with Crippen LogP contribution in [0.5, 0.6) is 0 Å². The van der Waals surface area contributed by atoms with Crippen LogP contribution < -0.4 is 0 Å². The molecule has 9 rings (SSSR count). The van der Waals surface area contributed by atoms with Crippen LogP contribution in [-0.2, 0) is 0 Å². The van der Waals surface area contributed by atoms with Gasteiger partial charge in [0.25, 0.3) is 0 Å². The van der Waals surface area contributed by atoms with Gasteiger partial charge in [0, 0.05) is 27.4 Å². The first-order chi connectivity index (χ1) is 23.7. The highest BCUT2D eigenvalue weighted by atomic mass is 15.0. The molecule has 0 unspecified atom stereocenters. The number of hydrogen-bond donors (Lipinski definition) is 0. The summed E-state index contributed by atoms with van der Waals surface area (Å²) in [6, 6.07) is 56.8. The van der Waals surface area contributed by atoms with Crippen molar-refractivity contribution in [3.05, 3.63) is 175 Å². The van der Waals surface area contributed by atoms with Gasteiger partial charge in [-0.25, -0.2) is 4.85 Å². The molecule has 0 amide bonds. The topological polar surface area (TPSA) is 38.0 Å². The number of aromatic nitrogens is 2. The molecule has 0 spiro atoms. The first kappa shape index (κ1) is 27.4. The van der Waals surface area contributed by atoms with Crippen LogP contribution in [0.4, 0.5) is 5.69 Å². The van der Waals surface area contributed by atoms with Gasteiger partial charge < -0.3 is 9.13 Å². The molecule has 0 radical (unpaired) electrons. The van der Waals surface area contributed by atoms with Gasteiger partial charge in [0.15, 0.2) is 5.69 Å². The molecule has 2 aromatic heterocycles. The number of hydrogen-bond acceptors (Lipinski definition) is 1. The Bertz CT molecular complexity index is 2750. The zero-order chi connectivity index (χ0) is 32.2. The maximum absolute atomic E-state index is 10.3. The second-order valence-corrected chi connectivity index (χ2v) is 12.0. The Balaban J connectivity index is 1.18. The van der Waals surface area contributed by atoms with Crippen molar-refractivity contribution in [3.8, 4) is 39.7 Å². The number of benzene rings is 7. The Kier molecular flexibility index (Phi) is 6.22. The van der Waals surface area contributed by atoms with Crippen molar-refractivity contribution in [1.82, 2.24) is 9.13 Å². The molecule has 222 valence electrons. The number of rotatable bonds is 4. The van der Waals surface area contributed by atoms with Crippen molar-refractivity contribution in [2.24, 2.45) is 0 Å². The van der Waals surface area contributed by atoms with Gasteiger partial charge in [0.05, 0.1) is 46.0 Å². The summed E-state index contributed by atoms with van der Waals surface area (Å²) in [5.41, 5.74) is 11.7. The zero-order valence-electron chi connectivity index (χ0n) is 25.8. The average Bonchev–Trinajstić information content (AvgIpc) is 3.67. The average molecular weight is 611 g/mol. The second kappa shape index (κ2) is 10.9. The molecule has 0 aliphatic carbocycles. The Labute approximate surface area is 277 Å². The van der Waals surface area contributed by atoms with E-state index in [9.17, 15) is 5.26 Å². The summed E-state index contributed by atoms with van der Waals surface area (Å²) >= 11 is 0. The summed E-state index contributed by atoms with van der Waals surface area (Å²) in [6.45, 7) is 7.57. The fourth-order valence-electron chi connectivity index (χ4n) is 7.27. The third-order valence-electron chi connectivity index (χ3n) is 9.38. The molecule has 4 nitrogen and oxygen atoms in total. The van der Waals surface area contributed by atoms with Crippen molar-refractivity contribution in [2.75, 3.05) is 0 Å². The summed E-state index contributed by atoms with van der Waals surface area (Å²) in [7, 11) is 0. The normalized spacial score (nSPS) is 11.3. The van der Waals surface area contributed by atoms with E-state index in [2.05, 4.69) is 135 Å². The van der Waals surface area contributed by atoms with E-state index in [4.69, 9.17) is 6.57 Å². The van der Waals surface area contributed by atoms with Crippen LogP contribution in [0.15, 0.2) is 158 Å². The van der Waals surface area contributed by atoms with Gasteiger partial charge in [-0.05, 0) is 76.7 Å². The highest BCUT2D eigenvalue weighted by molar-refractivity contribution is 6.11. The summed E-state index contributed by atoms with van der Waals surface area (Å²) in [5, 5.41) is 14.9. The van der Waals surface area contributed by atoms with E-state index in [0.717, 1.165) is 55.4 Å². The van der Waals surface area contributed by atoms with E-state index in [0.29, 0.717) is 11.3 Å². The van der Waals surface area contributed by atoms with Gasteiger partial charge >= 0.3 is 0 Å². The molecule has 0 saturated carbocycles. The Hall–Kier alpha value is -6.88. The van der Waals surface area contributed by atoms with E-state index in [-0.39, 0.29) is 0 Å². The van der Waals surface area contributed by atoms with Crippen LogP contribution in [0.2, 0.25) is 0 Å². The molecule has 0 aliphatic rings. The minimum Gasteiger partial charge on any atom is -0.309 e. The largest absolute Gasteiger partial charge is 0.309 e. The van der Waals surface area contributed by atoms with Crippen LogP contribution >= 0.6 is 0 Å². The van der Waals surface area contributed by atoms with Gasteiger partial charge in [-0.3, -0.25) is 0 Å². The van der Waals surface area contributed by atoms with Gasteiger partial charge in [0.2, 0.25) is 0 Å². The number of nitriles is 1. The SMILES string of the molecule is [C-]#[N+]c1ccc2c(c1)c1ccccc1n2-c1cccc(C#N)c1-c1ccc(-c2cccc(-n3c4ccccc4c4ccccc43)c2)cc1. The molecule has 0 aliphatic heterocycles. The molecule has 0 saturated heterocycles. The van der Waals surface area contributed by atoms with Gasteiger partial charge in [-0.2, -0.15) is 5.26 Å². The fraction of sp³-hybridized carbons (Fsp3) is 0. The maximum Gasteiger partial charge on any atom is 0.188 e. The Morgan fingerprint density at radius 2 is 1.06 bits per heavy atom. The molecule has 0 bridgehead atoms. The minimum absolute atomic E-state index is 0.606. The summed E-state index contributed by atoms with van der Waals surface area (Å²) in [6.07, 6.45) is 0. The highest BCUT2D eigenvalue weighted by Crippen LogP contribution is 2.40. The predicted octanol–water partition coefficient (Wildman–Crippen LogP) is 11.6. The van der Waals surface area contributed by atoms with Crippen molar-refractivity contribution < 1.29 is 0 Å². The van der Waals surface area contributed by atoms with Gasteiger partial charge in [0.1, 0.15) is 0 Å². The molecular weight excluding hydrogens is 585 g/mol. The molecule has 2 heterocycles. The third kappa shape index (κ3) is 4.14. The van der Waals surface area contributed by atoms with Crippen molar-refractivity contribution in [1.29, 1.82) is 5.26 Å². The second-order valence-electron chi connectivity index (χ2n) is 12.0. The lowest BCUT2D eigenvalue weighted by Gasteiger charge is -2.16. The number of fused-ring (bicyclic) bond motifs is 6. The monoisotopic (exact) mass is 610 g/mol.